The number of fused-ring (bicyclic) bond motifs is 1. The van der Waals surface area contributed by atoms with Crippen LogP contribution in [0.15, 0.2) is 78.9 Å². The molecule has 4 rings (SSSR count). The summed E-state index contributed by atoms with van der Waals surface area (Å²) < 4.78 is 37.8. The van der Waals surface area contributed by atoms with Crippen LogP contribution in [0.2, 0.25) is 0 Å². The average Bonchev–Trinajstić information content (AvgIpc) is 2.96. The number of sulfonamides is 1. The number of carbonyl (C=O) groups excluding carboxylic acids is 2. The van der Waals surface area contributed by atoms with E-state index in [-0.39, 0.29) is 37.7 Å². The van der Waals surface area contributed by atoms with Crippen LogP contribution >= 0.6 is 0 Å². The molecule has 9 nitrogen and oxygen atoms in total. The molecule has 1 N–H and O–H groups in total. The highest BCUT2D eigenvalue weighted by molar-refractivity contribution is 7.92. The lowest BCUT2D eigenvalue weighted by molar-refractivity contribution is -0.141. The number of carbonyl (C=O) groups is 2. The molecule has 0 spiro atoms. The minimum atomic E-state index is -3.64. The molecule has 40 heavy (non-hydrogen) atoms. The molecule has 0 fully saturated rings. The third-order valence-electron chi connectivity index (χ3n) is 6.68. The molecule has 0 aliphatic carbocycles. The van der Waals surface area contributed by atoms with Crippen LogP contribution < -0.4 is 19.1 Å². The Balaban J connectivity index is 1.53. The summed E-state index contributed by atoms with van der Waals surface area (Å²) in [5, 5.41) is 2.70. The molecule has 10 heteroatoms. The lowest BCUT2D eigenvalue weighted by atomic mass is 10.0. The molecule has 0 bridgehead atoms. The van der Waals surface area contributed by atoms with Crippen molar-refractivity contribution in [1.29, 1.82) is 0 Å². The zero-order valence-electron chi connectivity index (χ0n) is 22.8. The van der Waals surface area contributed by atoms with Crippen LogP contribution in [-0.2, 0) is 32.6 Å². The number of benzene rings is 3. The highest BCUT2D eigenvalue weighted by Gasteiger charge is 2.30. The van der Waals surface area contributed by atoms with Gasteiger partial charge in [-0.25, -0.2) is 8.42 Å². The first-order chi connectivity index (χ1) is 19.3. The Morgan fingerprint density at radius 3 is 2.15 bits per heavy atom. The van der Waals surface area contributed by atoms with E-state index in [1.54, 1.807) is 30.1 Å². The summed E-state index contributed by atoms with van der Waals surface area (Å²) in [6, 6.07) is 23.3. The van der Waals surface area contributed by atoms with Gasteiger partial charge in [0.05, 0.1) is 11.9 Å². The number of nitrogens with zero attached hydrogens (tertiary/aromatic N) is 2. The van der Waals surface area contributed by atoms with Gasteiger partial charge in [0, 0.05) is 39.0 Å². The van der Waals surface area contributed by atoms with Gasteiger partial charge in [0.25, 0.3) is 0 Å². The largest absolute Gasteiger partial charge is 0.486 e. The van der Waals surface area contributed by atoms with E-state index in [1.165, 1.54) is 4.31 Å². The summed E-state index contributed by atoms with van der Waals surface area (Å²) in [6.07, 6.45) is 1.81. The fourth-order valence-electron chi connectivity index (χ4n) is 4.69. The summed E-state index contributed by atoms with van der Waals surface area (Å²) >= 11 is 0. The Labute approximate surface area is 235 Å². The van der Waals surface area contributed by atoms with E-state index in [0.29, 0.717) is 36.8 Å². The molecule has 1 aliphatic rings. The molecular weight excluding hydrogens is 530 g/mol. The van der Waals surface area contributed by atoms with Crippen LogP contribution in [0.25, 0.3) is 0 Å². The number of rotatable bonds is 12. The SMILES string of the molecule is CNC(=O)C(Cc1ccccc1)N(Cc1ccccc1)C(=O)CCCN(c1ccc2c(c1)OCCO2)S(C)(=O)=O. The molecule has 212 valence electrons. The molecule has 3 aromatic carbocycles. The first kappa shape index (κ1) is 28.9. The van der Waals surface area contributed by atoms with Crippen LogP contribution in [0, 0.1) is 0 Å². The van der Waals surface area contributed by atoms with Crippen LogP contribution in [0.5, 0.6) is 11.5 Å². The Morgan fingerprint density at radius 2 is 1.52 bits per heavy atom. The van der Waals surface area contributed by atoms with Crippen molar-refractivity contribution in [3.05, 3.63) is 90.0 Å². The molecule has 0 saturated heterocycles. The maximum atomic E-state index is 13.7. The van der Waals surface area contributed by atoms with Gasteiger partial charge in [-0.1, -0.05) is 60.7 Å². The molecular formula is C30H35N3O6S. The number of ether oxygens (including phenoxy) is 2. The van der Waals surface area contributed by atoms with E-state index in [1.807, 2.05) is 60.7 Å². The first-order valence-electron chi connectivity index (χ1n) is 13.2. The summed E-state index contributed by atoms with van der Waals surface area (Å²) in [5.74, 6) is 0.553. The van der Waals surface area contributed by atoms with Gasteiger partial charge in [-0.15, -0.1) is 0 Å². The topological polar surface area (TPSA) is 105 Å². The second-order valence-corrected chi connectivity index (χ2v) is 11.5. The zero-order chi connectivity index (χ0) is 28.5. The number of hydrogen-bond acceptors (Lipinski definition) is 6. The van der Waals surface area contributed by atoms with Crippen molar-refractivity contribution in [1.82, 2.24) is 10.2 Å². The maximum Gasteiger partial charge on any atom is 0.242 e. The summed E-state index contributed by atoms with van der Waals surface area (Å²) in [4.78, 5) is 28.3. The highest BCUT2D eigenvalue weighted by atomic mass is 32.2. The monoisotopic (exact) mass is 565 g/mol. The summed E-state index contributed by atoms with van der Waals surface area (Å²) in [5.41, 5.74) is 2.27. The molecule has 0 aromatic heterocycles. The van der Waals surface area contributed by atoms with Crippen molar-refractivity contribution in [2.45, 2.75) is 31.8 Å². The number of nitrogens with one attached hydrogen (secondary N) is 1. The Bertz CT molecular complexity index is 1400. The lowest BCUT2D eigenvalue weighted by Crippen LogP contribution is -2.49. The van der Waals surface area contributed by atoms with Crippen LogP contribution in [0.4, 0.5) is 5.69 Å². The highest BCUT2D eigenvalue weighted by Crippen LogP contribution is 2.34. The van der Waals surface area contributed by atoms with Crippen LogP contribution in [0.3, 0.4) is 0 Å². The van der Waals surface area contributed by atoms with Crippen molar-refractivity contribution in [2.75, 3.05) is 37.4 Å². The minimum Gasteiger partial charge on any atom is -0.486 e. The number of hydrogen-bond donors (Lipinski definition) is 1. The minimum absolute atomic E-state index is 0.0612. The second kappa shape index (κ2) is 13.3. The molecule has 0 radical (unpaired) electrons. The van der Waals surface area contributed by atoms with E-state index in [4.69, 9.17) is 9.47 Å². The Hall–Kier alpha value is -4.05. The van der Waals surface area contributed by atoms with E-state index in [9.17, 15) is 18.0 Å². The number of likely N-dealkylation sites (N-methyl/N-ethyl adjacent to an activating group) is 1. The van der Waals surface area contributed by atoms with Crippen LogP contribution in [0.1, 0.15) is 24.0 Å². The smallest absolute Gasteiger partial charge is 0.242 e. The van der Waals surface area contributed by atoms with Crippen molar-refractivity contribution < 1.29 is 27.5 Å². The van der Waals surface area contributed by atoms with Crippen molar-refractivity contribution in [3.8, 4) is 11.5 Å². The third kappa shape index (κ3) is 7.53. The molecule has 1 heterocycles. The Kier molecular flexibility index (Phi) is 9.65. The van der Waals surface area contributed by atoms with E-state index >= 15 is 0 Å². The molecule has 3 aromatic rings. The predicted molar refractivity (Wildman–Crippen MR) is 154 cm³/mol. The van der Waals surface area contributed by atoms with E-state index in [2.05, 4.69) is 5.32 Å². The molecule has 1 unspecified atom stereocenters. The summed E-state index contributed by atoms with van der Waals surface area (Å²) in [7, 11) is -2.08. The average molecular weight is 566 g/mol. The van der Waals surface area contributed by atoms with Crippen LogP contribution in [-0.4, -0.2) is 64.2 Å². The van der Waals surface area contributed by atoms with Crippen molar-refractivity contribution >= 4 is 27.5 Å². The van der Waals surface area contributed by atoms with E-state index in [0.717, 1.165) is 17.4 Å². The second-order valence-electron chi connectivity index (χ2n) is 9.59. The Morgan fingerprint density at radius 1 is 0.900 bits per heavy atom. The van der Waals surface area contributed by atoms with Gasteiger partial charge in [0.2, 0.25) is 21.8 Å². The van der Waals surface area contributed by atoms with Gasteiger partial charge >= 0.3 is 0 Å². The zero-order valence-corrected chi connectivity index (χ0v) is 23.6. The fourth-order valence-corrected chi connectivity index (χ4v) is 5.65. The number of anilines is 1. The summed E-state index contributed by atoms with van der Waals surface area (Å²) in [6.45, 7) is 1.16. The molecule has 2 amide bonds. The molecule has 0 saturated carbocycles. The van der Waals surface area contributed by atoms with Gasteiger partial charge in [-0.05, 0) is 29.7 Å². The van der Waals surface area contributed by atoms with Crippen molar-refractivity contribution in [2.24, 2.45) is 0 Å². The molecule has 1 atom stereocenters. The van der Waals surface area contributed by atoms with Crippen molar-refractivity contribution in [3.63, 3.8) is 0 Å². The normalized spacial score (nSPS) is 13.2. The standard InChI is InChI=1S/C30H35N3O6S/c1-31-30(35)26(20-23-10-5-3-6-11-23)32(22-24-12-7-4-8-13-24)29(34)14-9-17-33(40(2,36)37)25-15-16-27-28(21-25)39-19-18-38-27/h3-8,10-13,15-16,21,26H,9,14,17-20,22H2,1-2H3,(H,31,35). The van der Waals surface area contributed by atoms with Gasteiger partial charge in [0.1, 0.15) is 19.3 Å². The maximum absolute atomic E-state index is 13.7. The fraction of sp³-hybridized carbons (Fsp3) is 0.333. The van der Waals surface area contributed by atoms with Gasteiger partial charge in [-0.3, -0.25) is 13.9 Å². The predicted octanol–water partition coefficient (Wildman–Crippen LogP) is 3.39. The van der Waals surface area contributed by atoms with Gasteiger partial charge in [0.15, 0.2) is 11.5 Å². The molecule has 1 aliphatic heterocycles. The quantitative estimate of drug-likeness (QED) is 0.361. The van der Waals surface area contributed by atoms with E-state index < -0.39 is 16.1 Å². The van der Waals surface area contributed by atoms with Gasteiger partial charge < -0.3 is 19.7 Å². The first-order valence-corrected chi connectivity index (χ1v) is 15.1. The lowest BCUT2D eigenvalue weighted by Gasteiger charge is -2.31. The third-order valence-corrected chi connectivity index (χ3v) is 7.87. The number of amides is 2. The van der Waals surface area contributed by atoms with Gasteiger partial charge in [-0.2, -0.15) is 0 Å².